The van der Waals surface area contributed by atoms with Crippen LogP contribution in [-0.2, 0) is 0 Å². The summed E-state index contributed by atoms with van der Waals surface area (Å²) in [5, 5.41) is 4.64. The fourth-order valence-corrected chi connectivity index (χ4v) is 4.35. The number of fused-ring (bicyclic) bond motifs is 1. The number of piperazine rings is 1. The van der Waals surface area contributed by atoms with E-state index < -0.39 is 0 Å². The van der Waals surface area contributed by atoms with Crippen LogP contribution >= 0.6 is 11.8 Å². The molecule has 4 heterocycles. The maximum atomic E-state index is 4.64. The zero-order chi connectivity index (χ0) is 13.4. The lowest BCUT2D eigenvalue weighted by molar-refractivity contribution is 0.200. The third-order valence-electron chi connectivity index (χ3n) is 4.30. The number of aromatic nitrogens is 3. The first-order chi connectivity index (χ1) is 9.90. The summed E-state index contributed by atoms with van der Waals surface area (Å²) in [4.78, 5) is 9.29. The van der Waals surface area contributed by atoms with Crippen molar-refractivity contribution in [1.82, 2.24) is 19.5 Å². The maximum absolute atomic E-state index is 4.64. The van der Waals surface area contributed by atoms with Crippen LogP contribution in [0.4, 0.5) is 5.82 Å². The Morgan fingerprint density at radius 3 is 2.85 bits per heavy atom. The molecule has 2 aromatic rings. The van der Waals surface area contributed by atoms with Gasteiger partial charge in [-0.3, -0.25) is 4.90 Å². The standard InChI is InChI=1S/C14H19N5S/c1-2-14(16-19-5-4-15-13(1)19)18-8-6-17(7-9-18)12-3-10-20-11-12/h1-2,4-5,12H,3,6-11H2/t12-/m1/s1. The van der Waals surface area contributed by atoms with Crippen molar-refractivity contribution >= 4 is 23.2 Å². The molecule has 5 nitrogen and oxygen atoms in total. The predicted octanol–water partition coefficient (Wildman–Crippen LogP) is 1.36. The summed E-state index contributed by atoms with van der Waals surface area (Å²) >= 11 is 2.10. The largest absolute Gasteiger partial charge is 0.353 e. The Morgan fingerprint density at radius 1 is 1.15 bits per heavy atom. The van der Waals surface area contributed by atoms with Gasteiger partial charge in [-0.25, -0.2) is 9.50 Å². The number of hydrogen-bond acceptors (Lipinski definition) is 5. The quantitative estimate of drug-likeness (QED) is 0.834. The Balaban J connectivity index is 1.45. The highest BCUT2D eigenvalue weighted by Gasteiger charge is 2.26. The highest BCUT2D eigenvalue weighted by Crippen LogP contribution is 2.24. The molecule has 2 aliphatic heterocycles. The van der Waals surface area contributed by atoms with E-state index in [1.54, 1.807) is 6.20 Å². The van der Waals surface area contributed by atoms with Gasteiger partial charge in [-0.2, -0.15) is 11.8 Å². The van der Waals surface area contributed by atoms with Crippen LogP contribution in [0, 0.1) is 0 Å². The molecule has 0 radical (unpaired) electrons. The van der Waals surface area contributed by atoms with Gasteiger partial charge in [0.1, 0.15) is 5.82 Å². The van der Waals surface area contributed by atoms with E-state index in [1.165, 1.54) is 17.9 Å². The van der Waals surface area contributed by atoms with Crippen molar-refractivity contribution in [3.8, 4) is 0 Å². The van der Waals surface area contributed by atoms with Crippen molar-refractivity contribution in [3.63, 3.8) is 0 Å². The summed E-state index contributed by atoms with van der Waals surface area (Å²) in [6, 6.07) is 4.94. The summed E-state index contributed by atoms with van der Waals surface area (Å²) in [6.45, 7) is 4.48. The number of thioether (sulfide) groups is 1. The Bertz CT molecular complexity index is 584. The number of imidazole rings is 1. The second-order valence-corrected chi connectivity index (χ2v) is 6.61. The lowest BCUT2D eigenvalue weighted by Gasteiger charge is -2.38. The predicted molar refractivity (Wildman–Crippen MR) is 82.5 cm³/mol. The van der Waals surface area contributed by atoms with E-state index in [0.717, 1.165) is 43.7 Å². The van der Waals surface area contributed by atoms with E-state index in [4.69, 9.17) is 0 Å². The molecule has 2 fully saturated rings. The van der Waals surface area contributed by atoms with Gasteiger partial charge in [-0.1, -0.05) is 0 Å². The van der Waals surface area contributed by atoms with Crippen LogP contribution in [0.1, 0.15) is 6.42 Å². The highest BCUT2D eigenvalue weighted by molar-refractivity contribution is 7.99. The van der Waals surface area contributed by atoms with Gasteiger partial charge in [0.15, 0.2) is 5.65 Å². The van der Waals surface area contributed by atoms with Crippen LogP contribution in [0.25, 0.3) is 5.65 Å². The van der Waals surface area contributed by atoms with Crippen LogP contribution in [0.15, 0.2) is 24.5 Å². The second kappa shape index (κ2) is 5.26. The molecule has 6 heteroatoms. The van der Waals surface area contributed by atoms with E-state index in [2.05, 4.69) is 37.7 Å². The zero-order valence-corrected chi connectivity index (χ0v) is 12.3. The van der Waals surface area contributed by atoms with Gasteiger partial charge in [0.25, 0.3) is 0 Å². The van der Waals surface area contributed by atoms with Crippen LogP contribution in [0.2, 0.25) is 0 Å². The summed E-state index contributed by atoms with van der Waals surface area (Å²) in [5.41, 5.74) is 0.912. The number of nitrogens with zero attached hydrogens (tertiary/aromatic N) is 5. The SMILES string of the molecule is c1cn2nc(N3CCN([C@@H]4CCSC4)CC3)ccc2n1. The molecule has 1 atom stereocenters. The highest BCUT2D eigenvalue weighted by atomic mass is 32.2. The molecule has 2 aromatic heterocycles. The van der Waals surface area contributed by atoms with Crippen molar-refractivity contribution < 1.29 is 0 Å². The molecular weight excluding hydrogens is 270 g/mol. The van der Waals surface area contributed by atoms with E-state index in [1.807, 2.05) is 16.8 Å². The number of hydrogen-bond donors (Lipinski definition) is 0. The smallest absolute Gasteiger partial charge is 0.153 e. The topological polar surface area (TPSA) is 36.7 Å². The molecule has 20 heavy (non-hydrogen) atoms. The first-order valence-electron chi connectivity index (χ1n) is 7.27. The molecule has 0 saturated carbocycles. The third-order valence-corrected chi connectivity index (χ3v) is 5.45. The first-order valence-corrected chi connectivity index (χ1v) is 8.43. The molecule has 4 rings (SSSR count). The van der Waals surface area contributed by atoms with Crippen LogP contribution < -0.4 is 4.90 Å². The Labute approximate surface area is 123 Å². The molecule has 2 aliphatic rings. The fourth-order valence-electron chi connectivity index (χ4n) is 3.10. The van der Waals surface area contributed by atoms with Crippen molar-refractivity contribution in [2.75, 3.05) is 42.6 Å². The lowest BCUT2D eigenvalue weighted by atomic mass is 10.2. The number of rotatable bonds is 2. The van der Waals surface area contributed by atoms with Crippen LogP contribution in [0.3, 0.4) is 0 Å². The minimum Gasteiger partial charge on any atom is -0.353 e. The van der Waals surface area contributed by atoms with Crippen LogP contribution in [-0.4, -0.2) is 63.2 Å². The molecule has 2 saturated heterocycles. The molecule has 0 aliphatic carbocycles. The monoisotopic (exact) mass is 289 g/mol. The van der Waals surface area contributed by atoms with Gasteiger partial charge < -0.3 is 4.90 Å². The van der Waals surface area contributed by atoms with Gasteiger partial charge >= 0.3 is 0 Å². The average molecular weight is 289 g/mol. The minimum absolute atomic E-state index is 0.811. The summed E-state index contributed by atoms with van der Waals surface area (Å²) in [7, 11) is 0. The van der Waals surface area contributed by atoms with E-state index in [9.17, 15) is 0 Å². The van der Waals surface area contributed by atoms with Crippen molar-refractivity contribution in [1.29, 1.82) is 0 Å². The first kappa shape index (κ1) is 12.5. The van der Waals surface area contributed by atoms with Gasteiger partial charge in [-0.15, -0.1) is 5.10 Å². The molecule has 0 aromatic carbocycles. The number of anilines is 1. The Hall–Kier alpha value is -1.27. The maximum Gasteiger partial charge on any atom is 0.153 e. The minimum atomic E-state index is 0.811. The van der Waals surface area contributed by atoms with Crippen molar-refractivity contribution in [2.24, 2.45) is 0 Å². The van der Waals surface area contributed by atoms with Crippen molar-refractivity contribution in [2.45, 2.75) is 12.5 Å². The second-order valence-electron chi connectivity index (χ2n) is 5.46. The van der Waals surface area contributed by atoms with E-state index in [-0.39, 0.29) is 0 Å². The van der Waals surface area contributed by atoms with Gasteiger partial charge in [0, 0.05) is 50.4 Å². The van der Waals surface area contributed by atoms with Gasteiger partial charge in [0.2, 0.25) is 0 Å². The molecule has 0 bridgehead atoms. The van der Waals surface area contributed by atoms with Gasteiger partial charge in [-0.05, 0) is 24.3 Å². The fraction of sp³-hybridized carbons (Fsp3) is 0.571. The molecule has 0 spiro atoms. The van der Waals surface area contributed by atoms with E-state index >= 15 is 0 Å². The Kier molecular flexibility index (Phi) is 3.28. The molecule has 106 valence electrons. The summed E-state index contributed by atoms with van der Waals surface area (Å²) < 4.78 is 1.86. The Morgan fingerprint density at radius 2 is 2.05 bits per heavy atom. The zero-order valence-electron chi connectivity index (χ0n) is 11.5. The summed E-state index contributed by atoms with van der Waals surface area (Å²) in [5.74, 6) is 3.72. The van der Waals surface area contributed by atoms with E-state index in [0.29, 0.717) is 0 Å². The molecule has 0 unspecified atom stereocenters. The lowest BCUT2D eigenvalue weighted by Crippen LogP contribution is -2.50. The normalized spacial score (nSPS) is 24.6. The summed E-state index contributed by atoms with van der Waals surface area (Å²) in [6.07, 6.45) is 5.07. The van der Waals surface area contributed by atoms with Crippen LogP contribution in [0.5, 0.6) is 0 Å². The third kappa shape index (κ3) is 2.27. The average Bonchev–Trinajstić information content (AvgIpc) is 3.18. The molecular formula is C14H19N5S. The molecule has 0 N–H and O–H groups in total. The molecule has 0 amide bonds. The van der Waals surface area contributed by atoms with Crippen molar-refractivity contribution in [3.05, 3.63) is 24.5 Å². The van der Waals surface area contributed by atoms with Gasteiger partial charge in [0.05, 0.1) is 0 Å².